The fraction of sp³-hybridized carbons (Fsp3) is 0.529. The molecule has 1 N–H and O–H groups in total. The van der Waals surface area contributed by atoms with Crippen LogP contribution in [0.25, 0.3) is 0 Å². The predicted octanol–water partition coefficient (Wildman–Crippen LogP) is 4.69. The molecule has 21 heavy (non-hydrogen) atoms. The average Bonchev–Trinajstić information content (AvgIpc) is 2.39. The van der Waals surface area contributed by atoms with Gasteiger partial charge in [0.2, 0.25) is 0 Å². The molecule has 0 aliphatic rings. The van der Waals surface area contributed by atoms with Gasteiger partial charge in [0.25, 0.3) is 0 Å². The highest BCUT2D eigenvalue weighted by Gasteiger charge is 2.15. The summed E-state index contributed by atoms with van der Waals surface area (Å²) in [5.74, 6) is 1.48. The Hall–Kier alpha value is -1.00. The topological polar surface area (TPSA) is 30.5 Å². The summed E-state index contributed by atoms with van der Waals surface area (Å²) in [6.45, 7) is 15.5. The summed E-state index contributed by atoms with van der Waals surface area (Å²) in [5, 5.41) is 3.47. The van der Waals surface area contributed by atoms with Gasteiger partial charge >= 0.3 is 0 Å². The highest BCUT2D eigenvalue weighted by atomic mass is 79.9. The summed E-state index contributed by atoms with van der Waals surface area (Å²) in [5.41, 5.74) is 1.23. The molecule has 3 nitrogen and oxygen atoms in total. The summed E-state index contributed by atoms with van der Waals surface area (Å²) in [6.07, 6.45) is 1.69. The molecular weight excluding hydrogens is 330 g/mol. The SMILES string of the molecule is C=CC(C)Oc1c(Br)cc(CNC(C)(C)C)cc1OCC. The normalized spacial score (nSPS) is 12.9. The predicted molar refractivity (Wildman–Crippen MR) is 92.2 cm³/mol. The van der Waals surface area contributed by atoms with Crippen LogP contribution in [0.1, 0.15) is 40.2 Å². The van der Waals surface area contributed by atoms with E-state index in [2.05, 4.69) is 54.7 Å². The molecule has 0 aliphatic carbocycles. The molecule has 1 aromatic rings. The van der Waals surface area contributed by atoms with Gasteiger partial charge in [0.15, 0.2) is 11.5 Å². The summed E-state index contributed by atoms with van der Waals surface area (Å²) in [6, 6.07) is 4.09. The van der Waals surface area contributed by atoms with E-state index in [0.717, 1.165) is 28.1 Å². The maximum absolute atomic E-state index is 5.87. The van der Waals surface area contributed by atoms with Gasteiger partial charge < -0.3 is 14.8 Å². The molecule has 0 radical (unpaired) electrons. The molecule has 0 saturated heterocycles. The van der Waals surface area contributed by atoms with Gasteiger partial charge in [-0.15, -0.1) is 0 Å². The fourth-order valence-electron chi connectivity index (χ4n) is 1.70. The van der Waals surface area contributed by atoms with Crippen LogP contribution >= 0.6 is 15.9 Å². The van der Waals surface area contributed by atoms with Crippen molar-refractivity contribution >= 4 is 15.9 Å². The third kappa shape index (κ3) is 6.10. The van der Waals surface area contributed by atoms with Crippen LogP contribution < -0.4 is 14.8 Å². The van der Waals surface area contributed by atoms with Crippen molar-refractivity contribution in [2.75, 3.05) is 6.61 Å². The van der Waals surface area contributed by atoms with Crippen LogP contribution in [0.2, 0.25) is 0 Å². The minimum atomic E-state index is -0.0703. The maximum Gasteiger partial charge on any atom is 0.176 e. The number of ether oxygens (including phenoxy) is 2. The van der Waals surface area contributed by atoms with Gasteiger partial charge in [0, 0.05) is 12.1 Å². The molecule has 0 fully saturated rings. The third-order valence-corrected chi connectivity index (χ3v) is 3.42. The smallest absolute Gasteiger partial charge is 0.176 e. The molecule has 0 spiro atoms. The highest BCUT2D eigenvalue weighted by molar-refractivity contribution is 9.10. The van der Waals surface area contributed by atoms with Crippen molar-refractivity contribution in [3.63, 3.8) is 0 Å². The molecule has 1 aromatic carbocycles. The van der Waals surface area contributed by atoms with E-state index in [4.69, 9.17) is 9.47 Å². The molecule has 1 unspecified atom stereocenters. The Balaban J connectivity index is 3.02. The lowest BCUT2D eigenvalue weighted by atomic mass is 10.1. The van der Waals surface area contributed by atoms with Gasteiger partial charge in [-0.25, -0.2) is 0 Å². The minimum absolute atomic E-state index is 0.0703. The number of rotatable bonds is 7. The minimum Gasteiger partial charge on any atom is -0.490 e. The van der Waals surface area contributed by atoms with Crippen LogP contribution in [0.4, 0.5) is 0 Å². The quantitative estimate of drug-likeness (QED) is 0.719. The molecule has 0 heterocycles. The molecule has 4 heteroatoms. The molecule has 0 saturated carbocycles. The van der Waals surface area contributed by atoms with Crippen LogP contribution in [0.15, 0.2) is 29.3 Å². The zero-order valence-corrected chi connectivity index (χ0v) is 15.2. The standard InChI is InChI=1S/C17H26BrNO2/c1-7-12(3)21-16-14(18)9-13(10-15(16)20-8-2)11-19-17(4,5)6/h7,9-10,12,19H,1,8,11H2,2-6H3. The summed E-state index contributed by atoms with van der Waals surface area (Å²) >= 11 is 3.58. The number of hydrogen-bond donors (Lipinski definition) is 1. The Morgan fingerprint density at radius 2 is 2.05 bits per heavy atom. The van der Waals surface area contributed by atoms with Gasteiger partial charge in [-0.05, 0) is 68.2 Å². The first-order valence-corrected chi connectivity index (χ1v) is 8.05. The molecule has 0 amide bonds. The number of halogens is 1. The van der Waals surface area contributed by atoms with Crippen molar-refractivity contribution in [3.05, 3.63) is 34.8 Å². The summed E-state index contributed by atoms with van der Waals surface area (Å²) < 4.78 is 12.5. The Morgan fingerprint density at radius 1 is 1.38 bits per heavy atom. The van der Waals surface area contributed by atoms with E-state index >= 15 is 0 Å². The second-order valence-electron chi connectivity index (χ2n) is 6.00. The van der Waals surface area contributed by atoms with Gasteiger partial charge in [-0.2, -0.15) is 0 Å². The first-order chi connectivity index (χ1) is 9.76. The van der Waals surface area contributed by atoms with Gasteiger partial charge in [0.05, 0.1) is 11.1 Å². The lowest BCUT2D eigenvalue weighted by Gasteiger charge is -2.22. The molecular formula is C17H26BrNO2. The molecule has 1 rings (SSSR count). The van der Waals surface area contributed by atoms with Gasteiger partial charge in [-0.3, -0.25) is 0 Å². The van der Waals surface area contributed by atoms with E-state index in [9.17, 15) is 0 Å². The number of nitrogens with one attached hydrogen (secondary N) is 1. The molecule has 0 aromatic heterocycles. The van der Waals surface area contributed by atoms with Crippen LogP contribution in [-0.2, 0) is 6.54 Å². The van der Waals surface area contributed by atoms with Crippen molar-refractivity contribution in [2.45, 2.75) is 52.8 Å². The second-order valence-corrected chi connectivity index (χ2v) is 6.85. The highest BCUT2D eigenvalue weighted by Crippen LogP contribution is 2.37. The van der Waals surface area contributed by atoms with Gasteiger partial charge in [-0.1, -0.05) is 12.7 Å². The summed E-state index contributed by atoms with van der Waals surface area (Å²) in [4.78, 5) is 0. The van der Waals surface area contributed by atoms with E-state index in [1.165, 1.54) is 0 Å². The van der Waals surface area contributed by atoms with E-state index in [0.29, 0.717) is 6.61 Å². The Kier molecular flexibility index (Phi) is 6.75. The van der Waals surface area contributed by atoms with Crippen LogP contribution in [-0.4, -0.2) is 18.2 Å². The lowest BCUT2D eigenvalue weighted by Crippen LogP contribution is -2.35. The molecule has 118 valence electrons. The van der Waals surface area contributed by atoms with Crippen molar-refractivity contribution in [3.8, 4) is 11.5 Å². The summed E-state index contributed by atoms with van der Waals surface area (Å²) in [7, 11) is 0. The lowest BCUT2D eigenvalue weighted by molar-refractivity contribution is 0.243. The molecule has 0 bridgehead atoms. The van der Waals surface area contributed by atoms with Crippen molar-refractivity contribution in [1.82, 2.24) is 5.32 Å². The zero-order chi connectivity index (χ0) is 16.0. The fourth-order valence-corrected chi connectivity index (χ4v) is 2.28. The number of hydrogen-bond acceptors (Lipinski definition) is 3. The van der Waals surface area contributed by atoms with E-state index in [1.54, 1.807) is 6.08 Å². The first-order valence-electron chi connectivity index (χ1n) is 7.26. The average molecular weight is 356 g/mol. The van der Waals surface area contributed by atoms with Crippen LogP contribution in [0.5, 0.6) is 11.5 Å². The van der Waals surface area contributed by atoms with Gasteiger partial charge in [0.1, 0.15) is 6.10 Å². The molecule has 1 atom stereocenters. The third-order valence-electron chi connectivity index (χ3n) is 2.83. The first kappa shape index (κ1) is 18.1. The Labute approximate surface area is 136 Å². The monoisotopic (exact) mass is 355 g/mol. The van der Waals surface area contributed by atoms with E-state index in [-0.39, 0.29) is 11.6 Å². The van der Waals surface area contributed by atoms with Crippen molar-refractivity contribution in [1.29, 1.82) is 0 Å². The maximum atomic E-state index is 5.87. The van der Waals surface area contributed by atoms with Crippen molar-refractivity contribution < 1.29 is 9.47 Å². The Morgan fingerprint density at radius 3 is 2.57 bits per heavy atom. The number of benzene rings is 1. The van der Waals surface area contributed by atoms with Crippen LogP contribution in [0.3, 0.4) is 0 Å². The van der Waals surface area contributed by atoms with E-state index < -0.39 is 0 Å². The second kappa shape index (κ2) is 7.85. The van der Waals surface area contributed by atoms with Crippen LogP contribution in [0, 0.1) is 0 Å². The Bertz CT molecular complexity index is 480. The van der Waals surface area contributed by atoms with E-state index in [1.807, 2.05) is 19.9 Å². The largest absolute Gasteiger partial charge is 0.490 e. The zero-order valence-electron chi connectivity index (χ0n) is 13.6. The van der Waals surface area contributed by atoms with Crippen molar-refractivity contribution in [2.24, 2.45) is 0 Å². The molecule has 0 aliphatic heterocycles.